The predicted molar refractivity (Wildman–Crippen MR) is 95.4 cm³/mol. The monoisotopic (exact) mass is 379 g/mol. The summed E-state index contributed by atoms with van der Waals surface area (Å²) < 4.78 is 38.9. The lowest BCUT2D eigenvalue weighted by atomic mass is 9.97. The van der Waals surface area contributed by atoms with E-state index in [1.54, 1.807) is 18.5 Å². The van der Waals surface area contributed by atoms with Crippen molar-refractivity contribution in [2.24, 2.45) is 5.92 Å². The molecule has 1 aliphatic rings. The van der Waals surface area contributed by atoms with Gasteiger partial charge in [-0.05, 0) is 37.0 Å². The molecule has 6 nitrogen and oxygen atoms in total. The number of carbonyl (C=O) groups is 1. The van der Waals surface area contributed by atoms with Crippen molar-refractivity contribution in [3.05, 3.63) is 48.3 Å². The van der Waals surface area contributed by atoms with Gasteiger partial charge in [0.2, 0.25) is 5.95 Å². The third-order valence-electron chi connectivity index (χ3n) is 4.48. The zero-order chi connectivity index (χ0) is 19.3. The van der Waals surface area contributed by atoms with E-state index in [4.69, 9.17) is 0 Å². The van der Waals surface area contributed by atoms with E-state index in [1.165, 1.54) is 18.2 Å². The molecule has 0 saturated carbocycles. The highest BCUT2D eigenvalue weighted by molar-refractivity contribution is 5.90. The number of nitrogens with zero attached hydrogens (tertiary/aromatic N) is 3. The van der Waals surface area contributed by atoms with Crippen molar-refractivity contribution in [3.63, 3.8) is 0 Å². The van der Waals surface area contributed by atoms with E-state index in [9.17, 15) is 18.0 Å². The van der Waals surface area contributed by atoms with Crippen molar-refractivity contribution in [3.8, 4) is 0 Å². The predicted octanol–water partition coefficient (Wildman–Crippen LogP) is 3.53. The molecule has 1 fully saturated rings. The molecule has 0 radical (unpaired) electrons. The highest BCUT2D eigenvalue weighted by Gasteiger charge is 2.33. The third-order valence-corrected chi connectivity index (χ3v) is 4.48. The average molecular weight is 379 g/mol. The minimum atomic E-state index is -4.52. The normalized spacial score (nSPS) is 15.4. The Morgan fingerprint density at radius 2 is 1.78 bits per heavy atom. The van der Waals surface area contributed by atoms with E-state index in [1.807, 2.05) is 0 Å². The molecule has 2 amide bonds. The quantitative estimate of drug-likeness (QED) is 0.853. The first-order valence-electron chi connectivity index (χ1n) is 8.66. The van der Waals surface area contributed by atoms with Crippen LogP contribution in [0, 0.1) is 5.92 Å². The molecule has 0 spiro atoms. The van der Waals surface area contributed by atoms with Gasteiger partial charge in [-0.1, -0.05) is 12.1 Å². The van der Waals surface area contributed by atoms with Crippen molar-refractivity contribution >= 4 is 17.7 Å². The highest BCUT2D eigenvalue weighted by atomic mass is 19.4. The largest absolute Gasteiger partial charge is 0.418 e. The first-order chi connectivity index (χ1) is 12.9. The van der Waals surface area contributed by atoms with E-state index in [0.717, 1.165) is 32.0 Å². The van der Waals surface area contributed by atoms with Crippen LogP contribution in [0.4, 0.5) is 29.6 Å². The fourth-order valence-corrected chi connectivity index (χ4v) is 3.03. The minimum Gasteiger partial charge on any atom is -0.341 e. The summed E-state index contributed by atoms with van der Waals surface area (Å²) in [6.07, 6.45) is 0.559. The van der Waals surface area contributed by atoms with Gasteiger partial charge < -0.3 is 15.5 Å². The number of urea groups is 1. The van der Waals surface area contributed by atoms with Gasteiger partial charge in [-0.15, -0.1) is 0 Å². The number of rotatable bonds is 4. The summed E-state index contributed by atoms with van der Waals surface area (Å²) in [5.74, 6) is 0.944. The standard InChI is InChI=1S/C18H20F3N5O/c19-18(20,21)14-4-1-2-5-15(14)25-17(27)24-12-13-6-10-26(11-7-13)16-22-8-3-9-23-16/h1-5,8-9,13H,6-7,10-12H2,(H2,24,25,27). The molecule has 1 aromatic carbocycles. The summed E-state index contributed by atoms with van der Waals surface area (Å²) in [4.78, 5) is 22.5. The lowest BCUT2D eigenvalue weighted by Gasteiger charge is -2.31. The molecular weight excluding hydrogens is 359 g/mol. The van der Waals surface area contributed by atoms with Crippen LogP contribution in [-0.4, -0.2) is 35.6 Å². The molecule has 27 heavy (non-hydrogen) atoms. The van der Waals surface area contributed by atoms with Crippen LogP contribution < -0.4 is 15.5 Å². The van der Waals surface area contributed by atoms with Crippen molar-refractivity contribution in [2.45, 2.75) is 19.0 Å². The van der Waals surface area contributed by atoms with Crippen LogP contribution in [0.25, 0.3) is 0 Å². The highest BCUT2D eigenvalue weighted by Crippen LogP contribution is 2.34. The van der Waals surface area contributed by atoms with Crippen LogP contribution in [-0.2, 0) is 6.18 Å². The fourth-order valence-electron chi connectivity index (χ4n) is 3.03. The molecule has 144 valence electrons. The SMILES string of the molecule is O=C(NCC1CCN(c2ncccn2)CC1)Nc1ccccc1C(F)(F)F. The third kappa shape index (κ3) is 5.08. The summed E-state index contributed by atoms with van der Waals surface area (Å²) in [5.41, 5.74) is -1.12. The Kier molecular flexibility index (Phi) is 5.78. The van der Waals surface area contributed by atoms with Gasteiger partial charge in [-0.25, -0.2) is 14.8 Å². The van der Waals surface area contributed by atoms with Gasteiger partial charge in [0.1, 0.15) is 0 Å². The van der Waals surface area contributed by atoms with Crippen molar-refractivity contribution in [1.29, 1.82) is 0 Å². The van der Waals surface area contributed by atoms with Crippen molar-refractivity contribution in [1.82, 2.24) is 15.3 Å². The van der Waals surface area contributed by atoms with Gasteiger partial charge in [-0.3, -0.25) is 0 Å². The minimum absolute atomic E-state index is 0.251. The second kappa shape index (κ2) is 8.24. The lowest BCUT2D eigenvalue weighted by Crippen LogP contribution is -2.40. The number of benzene rings is 1. The Balaban J connectivity index is 1.47. The molecule has 3 rings (SSSR count). The van der Waals surface area contributed by atoms with Crippen LogP contribution >= 0.6 is 0 Å². The number of halogens is 3. The Labute approximate surface area is 154 Å². The number of nitrogens with one attached hydrogen (secondary N) is 2. The van der Waals surface area contributed by atoms with Crippen molar-refractivity contribution < 1.29 is 18.0 Å². The Hall–Kier alpha value is -2.84. The summed E-state index contributed by atoms with van der Waals surface area (Å²) >= 11 is 0. The second-order valence-corrected chi connectivity index (χ2v) is 6.36. The zero-order valence-electron chi connectivity index (χ0n) is 14.5. The zero-order valence-corrected chi connectivity index (χ0v) is 14.5. The molecule has 0 atom stereocenters. The summed E-state index contributed by atoms with van der Waals surface area (Å²) in [6.45, 7) is 1.95. The molecule has 0 bridgehead atoms. The molecule has 1 aromatic heterocycles. The molecule has 0 aliphatic carbocycles. The number of anilines is 2. The maximum atomic E-state index is 13.0. The van der Waals surface area contributed by atoms with Crippen LogP contribution in [0.1, 0.15) is 18.4 Å². The molecule has 2 aromatic rings. The number of para-hydroxylation sites is 1. The average Bonchev–Trinajstić information content (AvgIpc) is 2.67. The number of aromatic nitrogens is 2. The van der Waals surface area contributed by atoms with E-state index in [2.05, 4.69) is 25.5 Å². The number of hydrogen-bond acceptors (Lipinski definition) is 4. The van der Waals surface area contributed by atoms with Crippen LogP contribution in [0.15, 0.2) is 42.7 Å². The smallest absolute Gasteiger partial charge is 0.341 e. The summed E-state index contributed by atoms with van der Waals surface area (Å²) in [7, 11) is 0. The molecule has 1 saturated heterocycles. The van der Waals surface area contributed by atoms with E-state index in [0.29, 0.717) is 12.5 Å². The number of amides is 2. The topological polar surface area (TPSA) is 70.2 Å². The molecular formula is C18H20F3N5O. The Bertz CT molecular complexity index is 761. The van der Waals surface area contributed by atoms with Gasteiger partial charge in [0.25, 0.3) is 0 Å². The molecule has 2 heterocycles. The number of alkyl halides is 3. The fraction of sp³-hybridized carbons (Fsp3) is 0.389. The maximum Gasteiger partial charge on any atom is 0.418 e. The first-order valence-corrected chi connectivity index (χ1v) is 8.66. The van der Waals surface area contributed by atoms with Gasteiger partial charge in [0, 0.05) is 32.0 Å². The van der Waals surface area contributed by atoms with Crippen LogP contribution in [0.5, 0.6) is 0 Å². The first kappa shape index (κ1) is 18.9. The molecule has 9 heteroatoms. The summed E-state index contributed by atoms with van der Waals surface area (Å²) in [5, 5.41) is 4.96. The molecule has 1 aliphatic heterocycles. The molecule has 0 unspecified atom stereocenters. The van der Waals surface area contributed by atoms with Gasteiger partial charge in [0.05, 0.1) is 11.3 Å². The van der Waals surface area contributed by atoms with Crippen LogP contribution in [0.2, 0.25) is 0 Å². The van der Waals surface area contributed by atoms with Crippen LogP contribution in [0.3, 0.4) is 0 Å². The number of hydrogen-bond donors (Lipinski definition) is 2. The lowest BCUT2D eigenvalue weighted by molar-refractivity contribution is -0.136. The number of carbonyl (C=O) groups excluding carboxylic acids is 1. The maximum absolute atomic E-state index is 13.0. The Morgan fingerprint density at radius 3 is 2.44 bits per heavy atom. The summed E-state index contributed by atoms with van der Waals surface area (Å²) in [6, 6.07) is 6.04. The molecule has 2 N–H and O–H groups in total. The van der Waals surface area contributed by atoms with Gasteiger partial charge in [-0.2, -0.15) is 13.2 Å². The van der Waals surface area contributed by atoms with E-state index < -0.39 is 17.8 Å². The second-order valence-electron chi connectivity index (χ2n) is 6.36. The van der Waals surface area contributed by atoms with E-state index in [-0.39, 0.29) is 11.6 Å². The van der Waals surface area contributed by atoms with Gasteiger partial charge >= 0.3 is 12.2 Å². The number of piperidine rings is 1. The van der Waals surface area contributed by atoms with Crippen molar-refractivity contribution in [2.75, 3.05) is 29.9 Å². The van der Waals surface area contributed by atoms with E-state index >= 15 is 0 Å². The van der Waals surface area contributed by atoms with Gasteiger partial charge in [0.15, 0.2) is 0 Å². The Morgan fingerprint density at radius 1 is 1.11 bits per heavy atom.